The van der Waals surface area contributed by atoms with Crippen LogP contribution in [0.5, 0.6) is 5.75 Å². The molecular weight excluding hydrogens is 419 g/mol. The van der Waals surface area contributed by atoms with Crippen LogP contribution in [0.4, 0.5) is 10.1 Å². The smallest absolute Gasteiger partial charge is 0.261 e. The van der Waals surface area contributed by atoms with Crippen LogP contribution in [0.2, 0.25) is 0 Å². The summed E-state index contributed by atoms with van der Waals surface area (Å²) in [5.74, 6) is 0.950. The Balaban J connectivity index is 1.45. The lowest BCUT2D eigenvalue weighted by Gasteiger charge is -2.20. The Morgan fingerprint density at radius 1 is 1.00 bits per heavy atom. The van der Waals surface area contributed by atoms with Crippen LogP contribution in [0.1, 0.15) is 36.8 Å². The highest BCUT2D eigenvalue weighted by Crippen LogP contribution is 2.31. The Kier molecular flexibility index (Phi) is 6.06. The minimum absolute atomic E-state index is 0.238. The quantitative estimate of drug-likeness (QED) is 0.602. The number of anilines is 1. The van der Waals surface area contributed by atoms with Gasteiger partial charge in [-0.05, 0) is 81.9 Å². The average Bonchev–Trinajstić information content (AvgIpc) is 3.49. The zero-order valence-electron chi connectivity index (χ0n) is 19.4. The Morgan fingerprint density at radius 3 is 2.36 bits per heavy atom. The molecule has 1 N–H and O–H groups in total. The lowest BCUT2D eigenvalue weighted by molar-refractivity contribution is 0.236. The third kappa shape index (κ3) is 4.47. The standard InChI is InChI=1S/C26H31FN4O2/c1-17-13-19(14-18(2)24(17)33-12-11-30-7-3-4-8-30)25-28-21-15-20(27)16-22(23(21)26(32)29-25)31-9-5-6-10-31/h13-16H,3-12H2,1-2H3,(H,28,29,32). The van der Waals surface area contributed by atoms with Crippen molar-refractivity contribution in [3.05, 3.63) is 51.6 Å². The molecule has 2 aromatic carbocycles. The summed E-state index contributed by atoms with van der Waals surface area (Å²) in [6.45, 7) is 9.57. The Morgan fingerprint density at radius 2 is 1.67 bits per heavy atom. The molecule has 174 valence electrons. The summed E-state index contributed by atoms with van der Waals surface area (Å²) in [6.07, 6.45) is 4.64. The minimum Gasteiger partial charge on any atom is -0.492 e. The van der Waals surface area contributed by atoms with E-state index in [-0.39, 0.29) is 11.4 Å². The van der Waals surface area contributed by atoms with Crippen LogP contribution in [0.25, 0.3) is 22.3 Å². The van der Waals surface area contributed by atoms with E-state index in [1.54, 1.807) is 0 Å². The number of ether oxygens (including phenoxy) is 1. The number of benzene rings is 2. The highest BCUT2D eigenvalue weighted by molar-refractivity contribution is 5.92. The van der Waals surface area contributed by atoms with Gasteiger partial charge in [0.1, 0.15) is 24.0 Å². The molecule has 5 rings (SSSR count). The molecular formula is C26H31FN4O2. The van der Waals surface area contributed by atoms with Gasteiger partial charge in [0.2, 0.25) is 0 Å². The summed E-state index contributed by atoms with van der Waals surface area (Å²) in [6, 6.07) is 6.75. The molecule has 0 spiro atoms. The van der Waals surface area contributed by atoms with E-state index >= 15 is 0 Å². The van der Waals surface area contributed by atoms with Crippen molar-refractivity contribution >= 4 is 16.6 Å². The van der Waals surface area contributed by atoms with Crippen molar-refractivity contribution in [2.45, 2.75) is 39.5 Å². The van der Waals surface area contributed by atoms with E-state index in [2.05, 4.69) is 19.8 Å². The SMILES string of the molecule is Cc1cc(-c2nc3cc(F)cc(N4CCCC4)c3c(=O)[nH]2)cc(C)c1OCCN1CCCC1. The van der Waals surface area contributed by atoms with Gasteiger partial charge in [0, 0.05) is 31.3 Å². The van der Waals surface area contributed by atoms with Gasteiger partial charge in [0.15, 0.2) is 0 Å². The van der Waals surface area contributed by atoms with Crippen molar-refractivity contribution in [1.82, 2.24) is 14.9 Å². The Labute approximate surface area is 193 Å². The summed E-state index contributed by atoms with van der Waals surface area (Å²) < 4.78 is 20.5. The molecule has 0 bridgehead atoms. The van der Waals surface area contributed by atoms with E-state index in [4.69, 9.17) is 4.74 Å². The van der Waals surface area contributed by atoms with Crippen molar-refractivity contribution in [2.75, 3.05) is 44.2 Å². The highest BCUT2D eigenvalue weighted by atomic mass is 19.1. The second-order valence-corrected chi connectivity index (χ2v) is 9.26. The summed E-state index contributed by atoms with van der Waals surface area (Å²) in [5.41, 5.74) is 3.56. The van der Waals surface area contributed by atoms with Crippen LogP contribution in [0.15, 0.2) is 29.1 Å². The summed E-state index contributed by atoms with van der Waals surface area (Å²) in [4.78, 5) is 25.2. The first kappa shape index (κ1) is 21.9. The fraction of sp³-hybridized carbons (Fsp3) is 0.462. The number of likely N-dealkylation sites (tertiary alicyclic amines) is 1. The van der Waals surface area contributed by atoms with Gasteiger partial charge in [-0.1, -0.05) is 0 Å². The molecule has 0 radical (unpaired) electrons. The number of aromatic amines is 1. The second-order valence-electron chi connectivity index (χ2n) is 9.26. The van der Waals surface area contributed by atoms with Crippen LogP contribution in [-0.4, -0.2) is 54.2 Å². The number of fused-ring (bicyclic) bond motifs is 1. The zero-order chi connectivity index (χ0) is 22.9. The number of hydrogen-bond donors (Lipinski definition) is 1. The largest absolute Gasteiger partial charge is 0.492 e. The number of halogens is 1. The van der Waals surface area contributed by atoms with Gasteiger partial charge in [-0.2, -0.15) is 0 Å². The summed E-state index contributed by atoms with van der Waals surface area (Å²) in [5, 5.41) is 0.456. The molecule has 2 aliphatic rings. The molecule has 2 aliphatic heterocycles. The third-order valence-corrected chi connectivity index (χ3v) is 6.79. The van der Waals surface area contributed by atoms with E-state index in [0.29, 0.717) is 29.0 Å². The first-order valence-electron chi connectivity index (χ1n) is 11.9. The Bertz CT molecular complexity index is 1200. The van der Waals surface area contributed by atoms with Crippen molar-refractivity contribution in [3.63, 3.8) is 0 Å². The first-order valence-corrected chi connectivity index (χ1v) is 11.9. The molecule has 7 heteroatoms. The summed E-state index contributed by atoms with van der Waals surface area (Å²) >= 11 is 0. The van der Waals surface area contributed by atoms with Crippen molar-refractivity contribution < 1.29 is 9.13 Å². The maximum absolute atomic E-state index is 14.4. The monoisotopic (exact) mass is 450 g/mol. The second kappa shape index (κ2) is 9.14. The van der Waals surface area contributed by atoms with E-state index in [1.165, 1.54) is 25.0 Å². The van der Waals surface area contributed by atoms with Gasteiger partial charge < -0.3 is 14.6 Å². The number of nitrogens with zero attached hydrogens (tertiary/aromatic N) is 3. The topological polar surface area (TPSA) is 61.5 Å². The van der Waals surface area contributed by atoms with Gasteiger partial charge >= 0.3 is 0 Å². The van der Waals surface area contributed by atoms with Gasteiger partial charge in [-0.25, -0.2) is 9.37 Å². The van der Waals surface area contributed by atoms with Crippen LogP contribution in [-0.2, 0) is 0 Å². The molecule has 2 saturated heterocycles. The number of nitrogens with one attached hydrogen (secondary N) is 1. The normalized spacial score (nSPS) is 16.8. The number of aromatic nitrogens is 2. The highest BCUT2D eigenvalue weighted by Gasteiger charge is 2.20. The van der Waals surface area contributed by atoms with Gasteiger partial charge in [-0.3, -0.25) is 9.69 Å². The van der Waals surface area contributed by atoms with E-state index in [9.17, 15) is 9.18 Å². The number of rotatable bonds is 6. The maximum Gasteiger partial charge on any atom is 0.261 e. The van der Waals surface area contributed by atoms with Crippen LogP contribution < -0.4 is 15.2 Å². The third-order valence-electron chi connectivity index (χ3n) is 6.79. The molecule has 0 unspecified atom stereocenters. The van der Waals surface area contributed by atoms with Crippen LogP contribution in [0, 0.1) is 19.7 Å². The van der Waals surface area contributed by atoms with Gasteiger partial charge in [-0.15, -0.1) is 0 Å². The molecule has 6 nitrogen and oxygen atoms in total. The van der Waals surface area contributed by atoms with Crippen LogP contribution >= 0.6 is 0 Å². The minimum atomic E-state index is -0.373. The molecule has 3 aromatic rings. The molecule has 3 heterocycles. The average molecular weight is 451 g/mol. The lowest BCUT2D eigenvalue weighted by Crippen LogP contribution is -2.25. The number of hydrogen-bond acceptors (Lipinski definition) is 5. The lowest BCUT2D eigenvalue weighted by atomic mass is 10.0. The molecule has 0 aliphatic carbocycles. The molecule has 33 heavy (non-hydrogen) atoms. The number of aryl methyl sites for hydroxylation is 2. The molecule has 0 atom stereocenters. The Hall–Kier alpha value is -2.93. The maximum atomic E-state index is 14.4. The fourth-order valence-corrected chi connectivity index (χ4v) is 5.16. The molecule has 2 fully saturated rings. The van der Waals surface area contributed by atoms with Crippen LogP contribution in [0.3, 0.4) is 0 Å². The first-order chi connectivity index (χ1) is 16.0. The predicted octanol–water partition coefficient (Wildman–Crippen LogP) is 4.42. The number of H-pyrrole nitrogens is 1. The predicted molar refractivity (Wildman–Crippen MR) is 130 cm³/mol. The zero-order valence-corrected chi connectivity index (χ0v) is 19.4. The van der Waals surface area contributed by atoms with E-state index in [1.807, 2.05) is 26.0 Å². The van der Waals surface area contributed by atoms with Gasteiger partial charge in [0.25, 0.3) is 5.56 Å². The molecule has 0 saturated carbocycles. The van der Waals surface area contributed by atoms with E-state index < -0.39 is 0 Å². The summed E-state index contributed by atoms with van der Waals surface area (Å²) in [7, 11) is 0. The fourth-order valence-electron chi connectivity index (χ4n) is 5.16. The van der Waals surface area contributed by atoms with E-state index in [0.717, 1.165) is 68.0 Å². The van der Waals surface area contributed by atoms with Crippen molar-refractivity contribution in [2.24, 2.45) is 0 Å². The molecule has 1 aromatic heterocycles. The van der Waals surface area contributed by atoms with Crippen molar-refractivity contribution in [3.8, 4) is 17.1 Å². The molecule has 0 amide bonds. The van der Waals surface area contributed by atoms with Crippen molar-refractivity contribution in [1.29, 1.82) is 0 Å². The van der Waals surface area contributed by atoms with Gasteiger partial charge in [0.05, 0.1) is 16.6 Å².